The van der Waals surface area contributed by atoms with Gasteiger partial charge in [-0.15, -0.1) is 0 Å². The van der Waals surface area contributed by atoms with Crippen molar-refractivity contribution in [2.24, 2.45) is 0 Å². The molecule has 20 heavy (non-hydrogen) atoms. The van der Waals surface area contributed by atoms with E-state index in [9.17, 15) is 10.2 Å². The second-order valence-corrected chi connectivity index (χ2v) is 6.47. The molecule has 3 rings (SSSR count). The second kappa shape index (κ2) is 4.36. The van der Waals surface area contributed by atoms with Gasteiger partial charge in [-0.3, -0.25) is 0 Å². The fourth-order valence-electron chi connectivity index (χ4n) is 3.04. The zero-order valence-corrected chi connectivity index (χ0v) is 12.2. The third-order valence-electron chi connectivity index (χ3n) is 3.86. The van der Waals surface area contributed by atoms with Crippen LogP contribution in [0.5, 0.6) is 0 Å². The summed E-state index contributed by atoms with van der Waals surface area (Å²) >= 11 is 0. The van der Waals surface area contributed by atoms with Gasteiger partial charge in [-0.25, -0.2) is 0 Å². The third kappa shape index (κ3) is 2.27. The molecule has 7 heteroatoms. The van der Waals surface area contributed by atoms with Gasteiger partial charge in [-0.1, -0.05) is 0 Å². The lowest BCUT2D eigenvalue weighted by atomic mass is 10.0. The zero-order valence-electron chi connectivity index (χ0n) is 12.2. The molecule has 0 saturated carbocycles. The van der Waals surface area contributed by atoms with E-state index in [1.54, 1.807) is 13.8 Å². The summed E-state index contributed by atoms with van der Waals surface area (Å²) in [5.74, 6) is -3.31. The molecular formula is C13H22O7. The Morgan fingerprint density at radius 2 is 1.65 bits per heavy atom. The maximum Gasteiger partial charge on any atom is 0.219 e. The van der Waals surface area contributed by atoms with Gasteiger partial charge >= 0.3 is 0 Å². The van der Waals surface area contributed by atoms with Crippen molar-refractivity contribution in [3.05, 3.63) is 0 Å². The molecule has 0 spiro atoms. The molecule has 3 fully saturated rings. The Kier molecular flexibility index (Phi) is 3.19. The predicted molar refractivity (Wildman–Crippen MR) is 65.6 cm³/mol. The molecule has 3 aliphatic rings. The lowest BCUT2D eigenvalue weighted by Crippen LogP contribution is -2.46. The maximum absolute atomic E-state index is 10.4. The van der Waals surface area contributed by atoms with Crippen LogP contribution >= 0.6 is 0 Å². The Morgan fingerprint density at radius 1 is 0.950 bits per heavy atom. The van der Waals surface area contributed by atoms with Gasteiger partial charge in [-0.2, -0.15) is 0 Å². The van der Waals surface area contributed by atoms with Crippen molar-refractivity contribution in [3.8, 4) is 0 Å². The van der Waals surface area contributed by atoms with Gasteiger partial charge in [0.05, 0.1) is 13.2 Å². The van der Waals surface area contributed by atoms with Gasteiger partial charge in [0.15, 0.2) is 11.6 Å². The number of hydrogen-bond donors (Lipinski definition) is 2. The van der Waals surface area contributed by atoms with Gasteiger partial charge in [0.2, 0.25) is 5.79 Å². The molecule has 0 bridgehead atoms. The summed E-state index contributed by atoms with van der Waals surface area (Å²) in [6, 6.07) is 0. The molecule has 0 amide bonds. The van der Waals surface area contributed by atoms with Crippen LogP contribution in [-0.2, 0) is 23.7 Å². The number of aliphatic hydroxyl groups excluding tert-OH is 1. The largest absolute Gasteiger partial charge is 0.391 e. The van der Waals surface area contributed by atoms with E-state index in [0.29, 0.717) is 6.61 Å². The van der Waals surface area contributed by atoms with E-state index in [0.717, 1.165) is 0 Å². The van der Waals surface area contributed by atoms with Crippen molar-refractivity contribution >= 4 is 0 Å². The molecule has 0 aromatic heterocycles. The maximum atomic E-state index is 10.4. The molecular weight excluding hydrogens is 268 g/mol. The average molecular weight is 290 g/mol. The highest BCUT2D eigenvalue weighted by Gasteiger charge is 2.65. The molecule has 0 aromatic rings. The lowest BCUT2D eigenvalue weighted by molar-refractivity contribution is -0.294. The van der Waals surface area contributed by atoms with Crippen LogP contribution in [0, 0.1) is 0 Å². The van der Waals surface area contributed by atoms with Crippen molar-refractivity contribution in [3.63, 3.8) is 0 Å². The minimum atomic E-state index is -1.78. The fourth-order valence-corrected chi connectivity index (χ4v) is 3.04. The van der Waals surface area contributed by atoms with E-state index in [4.69, 9.17) is 23.7 Å². The van der Waals surface area contributed by atoms with Gasteiger partial charge in [-0.05, 0) is 27.7 Å². The summed E-state index contributed by atoms with van der Waals surface area (Å²) in [5.41, 5.74) is 0. The third-order valence-corrected chi connectivity index (χ3v) is 3.86. The highest BCUT2D eigenvalue weighted by atomic mass is 16.8. The van der Waals surface area contributed by atoms with Crippen LogP contribution in [0.15, 0.2) is 0 Å². The molecule has 3 aliphatic heterocycles. The molecule has 2 N–H and O–H groups in total. The van der Waals surface area contributed by atoms with Crippen LogP contribution < -0.4 is 0 Å². The van der Waals surface area contributed by atoms with Crippen LogP contribution in [0.4, 0.5) is 0 Å². The minimum absolute atomic E-state index is 0.339. The van der Waals surface area contributed by atoms with Crippen molar-refractivity contribution in [1.82, 2.24) is 0 Å². The molecule has 3 saturated heterocycles. The zero-order chi connectivity index (χ0) is 14.8. The monoisotopic (exact) mass is 290 g/mol. The van der Waals surface area contributed by atoms with Gasteiger partial charge in [0.1, 0.15) is 24.4 Å². The Labute approximate surface area is 117 Å². The Balaban J connectivity index is 1.83. The van der Waals surface area contributed by atoms with Crippen molar-refractivity contribution in [2.45, 2.75) is 69.5 Å². The summed E-state index contributed by atoms with van der Waals surface area (Å²) < 4.78 is 28.4. The van der Waals surface area contributed by atoms with Crippen LogP contribution in [0.25, 0.3) is 0 Å². The van der Waals surface area contributed by atoms with E-state index < -0.39 is 42.3 Å². The van der Waals surface area contributed by atoms with Crippen LogP contribution in [0.2, 0.25) is 0 Å². The van der Waals surface area contributed by atoms with E-state index in [1.807, 2.05) is 13.8 Å². The summed E-state index contributed by atoms with van der Waals surface area (Å²) in [6.07, 6.45) is -2.19. The van der Waals surface area contributed by atoms with E-state index in [1.165, 1.54) is 0 Å². The van der Waals surface area contributed by atoms with Gasteiger partial charge in [0.25, 0.3) is 0 Å². The van der Waals surface area contributed by atoms with E-state index in [2.05, 4.69) is 0 Å². The second-order valence-electron chi connectivity index (χ2n) is 6.47. The first-order valence-corrected chi connectivity index (χ1v) is 6.84. The Bertz CT molecular complexity index is 396. The number of aliphatic hydroxyl groups is 2. The quantitative estimate of drug-likeness (QED) is 0.724. The first-order valence-electron chi connectivity index (χ1n) is 6.84. The first-order chi connectivity index (χ1) is 9.16. The van der Waals surface area contributed by atoms with Crippen molar-refractivity contribution in [1.29, 1.82) is 0 Å². The van der Waals surface area contributed by atoms with Gasteiger partial charge in [0, 0.05) is 0 Å². The summed E-state index contributed by atoms with van der Waals surface area (Å²) in [6.45, 7) is 6.92. The van der Waals surface area contributed by atoms with E-state index in [-0.39, 0.29) is 6.10 Å². The predicted octanol–water partition coefficient (Wildman–Crippen LogP) is -0.262. The molecule has 3 heterocycles. The van der Waals surface area contributed by atoms with Crippen molar-refractivity contribution < 1.29 is 33.9 Å². The highest BCUT2D eigenvalue weighted by Crippen LogP contribution is 2.45. The van der Waals surface area contributed by atoms with E-state index >= 15 is 0 Å². The van der Waals surface area contributed by atoms with Crippen LogP contribution in [-0.4, -0.2) is 65.2 Å². The first kappa shape index (κ1) is 14.6. The molecule has 0 aromatic carbocycles. The normalized spacial score (nSPS) is 49.5. The molecule has 5 atom stereocenters. The summed E-state index contributed by atoms with van der Waals surface area (Å²) in [7, 11) is 0. The molecule has 116 valence electrons. The standard InChI is InChI=1S/C13H22O7/c1-11(2)16-5-7(17-11)8-9-10(13(15,6-14)19-8)20-12(3,4)18-9/h7-10,14-15H,5-6H2,1-4H3/t7-,8-,9+,10+,13?/m1/s1. The molecule has 7 nitrogen and oxygen atoms in total. The average Bonchev–Trinajstić information content (AvgIpc) is 2.92. The summed E-state index contributed by atoms with van der Waals surface area (Å²) in [4.78, 5) is 0. The molecule has 0 aliphatic carbocycles. The number of hydrogen-bond acceptors (Lipinski definition) is 7. The number of ether oxygens (including phenoxy) is 5. The molecule has 0 radical (unpaired) electrons. The topological polar surface area (TPSA) is 86.6 Å². The Hall–Kier alpha value is -0.280. The SMILES string of the molecule is CC1(C)OC[C@H]([C@H]2OC(O)(CO)[C@H]3OC(C)(C)O[C@@H]23)O1. The highest BCUT2D eigenvalue weighted by molar-refractivity contribution is 5.05. The smallest absolute Gasteiger partial charge is 0.219 e. The van der Waals surface area contributed by atoms with Crippen LogP contribution in [0.1, 0.15) is 27.7 Å². The molecule has 1 unspecified atom stereocenters. The van der Waals surface area contributed by atoms with Crippen LogP contribution in [0.3, 0.4) is 0 Å². The number of fused-ring (bicyclic) bond motifs is 1. The van der Waals surface area contributed by atoms with Gasteiger partial charge < -0.3 is 33.9 Å². The Morgan fingerprint density at radius 3 is 2.20 bits per heavy atom. The minimum Gasteiger partial charge on any atom is -0.391 e. The fraction of sp³-hybridized carbons (Fsp3) is 1.00. The number of rotatable bonds is 2. The van der Waals surface area contributed by atoms with Crippen molar-refractivity contribution in [2.75, 3.05) is 13.2 Å². The summed E-state index contributed by atoms with van der Waals surface area (Å²) in [5, 5.41) is 19.8. The lowest BCUT2D eigenvalue weighted by Gasteiger charge is -2.29.